The van der Waals surface area contributed by atoms with Gasteiger partial charge < -0.3 is 0 Å². The molecule has 0 heterocycles. The van der Waals surface area contributed by atoms with Crippen molar-refractivity contribution in [3.05, 3.63) is 84.0 Å². The van der Waals surface area contributed by atoms with Gasteiger partial charge in [-0.2, -0.15) is 0 Å². The van der Waals surface area contributed by atoms with E-state index in [9.17, 15) is 0 Å². The Kier molecular flexibility index (Phi) is 6.74. The molecule has 1 rings (SSSR count). The first kappa shape index (κ1) is 17.0. The molecular weight excluding hydrogens is 251 g/mol. The van der Waals surface area contributed by atoms with Crippen LogP contribution in [0.1, 0.15) is 25.0 Å². The van der Waals surface area contributed by atoms with Crippen LogP contribution in [0.25, 0.3) is 5.57 Å². The van der Waals surface area contributed by atoms with Crippen LogP contribution in [0.3, 0.4) is 0 Å². The van der Waals surface area contributed by atoms with Crippen LogP contribution >= 0.6 is 0 Å². The minimum absolute atomic E-state index is 0.941. The van der Waals surface area contributed by atoms with Gasteiger partial charge in [0, 0.05) is 0 Å². The fourth-order valence-electron chi connectivity index (χ4n) is 2.14. The third-order valence-corrected chi connectivity index (χ3v) is 3.54. The summed E-state index contributed by atoms with van der Waals surface area (Å²) in [7, 11) is 1.06. The largest absolute Gasteiger partial charge is 0.154 e. The van der Waals surface area contributed by atoms with Crippen molar-refractivity contribution in [2.45, 2.75) is 27.6 Å². The van der Waals surface area contributed by atoms with Gasteiger partial charge in [0.25, 0.3) is 0 Å². The number of allylic oxidation sites excluding steroid dienone is 8. The molecule has 0 spiro atoms. The molecule has 0 aromatic heterocycles. The summed E-state index contributed by atoms with van der Waals surface area (Å²) >= 11 is 0. The van der Waals surface area contributed by atoms with Crippen molar-refractivity contribution in [2.24, 2.45) is 0 Å². The van der Waals surface area contributed by atoms with Crippen molar-refractivity contribution >= 4 is 18.3 Å². The van der Waals surface area contributed by atoms with Crippen LogP contribution in [0.2, 0.25) is 6.82 Å². The van der Waals surface area contributed by atoms with Crippen LogP contribution in [-0.4, -0.2) is 7.28 Å². The SMILES string of the molecule is C=C(/C=C\C=C/C)C(=C)/C=C(/C)c1cc(BC)ccc1C. The zero-order chi connectivity index (χ0) is 15.8. The molecule has 21 heavy (non-hydrogen) atoms. The molecule has 0 N–H and O–H groups in total. The maximum Gasteiger partial charge on any atom is 0.154 e. The van der Waals surface area contributed by atoms with Gasteiger partial charge in [0.05, 0.1) is 0 Å². The highest BCUT2D eigenvalue weighted by Gasteiger charge is 2.03. The highest BCUT2D eigenvalue weighted by atomic mass is 14.1. The molecule has 0 radical (unpaired) electrons. The lowest BCUT2D eigenvalue weighted by atomic mass is 9.72. The molecule has 0 aliphatic heterocycles. The average molecular weight is 276 g/mol. The second kappa shape index (κ2) is 8.31. The smallest absolute Gasteiger partial charge is 0.0912 e. The predicted molar refractivity (Wildman–Crippen MR) is 99.7 cm³/mol. The van der Waals surface area contributed by atoms with Crippen LogP contribution in [0.5, 0.6) is 0 Å². The highest BCUT2D eigenvalue weighted by molar-refractivity contribution is 6.52. The van der Waals surface area contributed by atoms with E-state index in [1.807, 2.05) is 31.2 Å². The van der Waals surface area contributed by atoms with Crippen molar-refractivity contribution in [3.63, 3.8) is 0 Å². The summed E-state index contributed by atoms with van der Waals surface area (Å²) in [5, 5.41) is 0. The summed E-state index contributed by atoms with van der Waals surface area (Å²) in [4.78, 5) is 0. The third kappa shape index (κ3) is 5.11. The lowest BCUT2D eigenvalue weighted by Gasteiger charge is -2.10. The van der Waals surface area contributed by atoms with Crippen LogP contribution < -0.4 is 5.46 Å². The molecule has 0 aliphatic rings. The Morgan fingerprint density at radius 2 is 1.86 bits per heavy atom. The summed E-state index contributed by atoms with van der Waals surface area (Å²) in [5.74, 6) is 0. The maximum atomic E-state index is 4.12. The molecule has 1 aromatic rings. The Bertz CT molecular complexity index is 613. The van der Waals surface area contributed by atoms with Gasteiger partial charge >= 0.3 is 0 Å². The number of rotatable bonds is 6. The standard InChI is InChI=1S/C20H25B/c1-7-8-9-10-15(2)17(4)13-18(5)20-14-19(21-6)12-11-16(20)3/h7-14,21H,2,4H2,1,3,5-6H3/b8-7-,10-9-,18-13-. The normalized spacial score (nSPS) is 12.1. The van der Waals surface area contributed by atoms with Crippen LogP contribution in [0, 0.1) is 6.92 Å². The van der Waals surface area contributed by atoms with Crippen molar-refractivity contribution in [1.82, 2.24) is 0 Å². The second-order valence-electron chi connectivity index (χ2n) is 5.27. The van der Waals surface area contributed by atoms with Gasteiger partial charge in [0.1, 0.15) is 0 Å². The zero-order valence-corrected chi connectivity index (χ0v) is 13.7. The van der Waals surface area contributed by atoms with E-state index in [1.165, 1.54) is 22.2 Å². The molecule has 0 fully saturated rings. The zero-order valence-electron chi connectivity index (χ0n) is 13.7. The van der Waals surface area contributed by atoms with Gasteiger partial charge in [-0.25, -0.2) is 0 Å². The Morgan fingerprint density at radius 3 is 2.48 bits per heavy atom. The predicted octanol–water partition coefficient (Wildman–Crippen LogP) is 4.75. The van der Waals surface area contributed by atoms with Crippen LogP contribution in [0.4, 0.5) is 0 Å². The molecule has 0 bridgehead atoms. The van der Waals surface area contributed by atoms with E-state index >= 15 is 0 Å². The summed E-state index contributed by atoms with van der Waals surface area (Å²) in [6.07, 6.45) is 10.1. The van der Waals surface area contributed by atoms with Gasteiger partial charge in [-0.1, -0.05) is 74.0 Å². The van der Waals surface area contributed by atoms with Gasteiger partial charge in [-0.3, -0.25) is 0 Å². The molecule has 1 aromatic carbocycles. The monoisotopic (exact) mass is 276 g/mol. The third-order valence-electron chi connectivity index (χ3n) is 3.54. The van der Waals surface area contributed by atoms with Crippen LogP contribution in [0.15, 0.2) is 72.9 Å². The quantitative estimate of drug-likeness (QED) is 0.519. The molecule has 0 saturated carbocycles. The Balaban J connectivity index is 2.99. The first-order valence-corrected chi connectivity index (χ1v) is 7.45. The lowest BCUT2D eigenvalue weighted by molar-refractivity contribution is 1.41. The number of hydrogen-bond acceptors (Lipinski definition) is 0. The Hall–Kier alpha value is -2.02. The van der Waals surface area contributed by atoms with E-state index in [4.69, 9.17) is 0 Å². The summed E-state index contributed by atoms with van der Waals surface area (Å²) in [6, 6.07) is 6.65. The van der Waals surface area contributed by atoms with Crippen molar-refractivity contribution < 1.29 is 0 Å². The summed E-state index contributed by atoms with van der Waals surface area (Å²) in [5.41, 5.74) is 7.07. The van der Waals surface area contributed by atoms with Gasteiger partial charge in [-0.15, -0.1) is 0 Å². The van der Waals surface area contributed by atoms with Crippen molar-refractivity contribution in [2.75, 3.05) is 0 Å². The molecular formula is C20H25B. The Labute approximate surface area is 130 Å². The van der Waals surface area contributed by atoms with E-state index in [-0.39, 0.29) is 0 Å². The van der Waals surface area contributed by atoms with Gasteiger partial charge in [0.15, 0.2) is 7.28 Å². The van der Waals surface area contributed by atoms with E-state index in [0.29, 0.717) is 0 Å². The second-order valence-corrected chi connectivity index (χ2v) is 5.27. The summed E-state index contributed by atoms with van der Waals surface area (Å²) in [6.45, 7) is 16.6. The maximum absolute atomic E-state index is 4.12. The molecule has 0 unspecified atom stereocenters. The lowest BCUT2D eigenvalue weighted by Crippen LogP contribution is -2.11. The van der Waals surface area contributed by atoms with E-state index in [2.05, 4.69) is 58.1 Å². The number of aryl methyl sites for hydroxylation is 1. The van der Waals surface area contributed by atoms with Crippen molar-refractivity contribution in [1.29, 1.82) is 0 Å². The molecule has 0 aliphatic carbocycles. The van der Waals surface area contributed by atoms with E-state index in [0.717, 1.165) is 18.4 Å². The fourth-order valence-corrected chi connectivity index (χ4v) is 2.14. The molecule has 1 heteroatoms. The molecule has 0 atom stereocenters. The highest BCUT2D eigenvalue weighted by Crippen LogP contribution is 2.21. The van der Waals surface area contributed by atoms with Crippen LogP contribution in [-0.2, 0) is 0 Å². The van der Waals surface area contributed by atoms with Gasteiger partial charge in [-0.05, 0) is 48.6 Å². The fraction of sp³-hybridized carbons (Fsp3) is 0.200. The van der Waals surface area contributed by atoms with Crippen molar-refractivity contribution in [3.8, 4) is 0 Å². The summed E-state index contributed by atoms with van der Waals surface area (Å²) < 4.78 is 0. The van der Waals surface area contributed by atoms with E-state index in [1.54, 1.807) is 0 Å². The van der Waals surface area contributed by atoms with Gasteiger partial charge in [0.2, 0.25) is 0 Å². The minimum Gasteiger partial charge on any atom is -0.0912 e. The molecule has 0 nitrogen and oxygen atoms in total. The molecule has 108 valence electrons. The topological polar surface area (TPSA) is 0 Å². The molecule has 0 amide bonds. The average Bonchev–Trinajstić information content (AvgIpc) is 2.47. The number of hydrogen-bond donors (Lipinski definition) is 0. The van der Waals surface area contributed by atoms with E-state index < -0.39 is 0 Å². The minimum atomic E-state index is 0.941. The first-order valence-electron chi connectivity index (χ1n) is 7.45. The Morgan fingerprint density at radius 1 is 1.14 bits per heavy atom. The molecule has 0 saturated heterocycles. The first-order chi connectivity index (χ1) is 9.99. The number of benzene rings is 1.